The Morgan fingerprint density at radius 2 is 2.54 bits per heavy atom. The molecule has 0 atom stereocenters. The Balaban J connectivity index is 2.05. The van der Waals surface area contributed by atoms with Gasteiger partial charge in [-0.05, 0) is 18.6 Å². The Kier molecular flexibility index (Phi) is 4.13. The smallest absolute Gasteiger partial charge is 0.180 e. The van der Waals surface area contributed by atoms with Crippen molar-refractivity contribution in [3.05, 3.63) is 12.2 Å². The van der Waals surface area contributed by atoms with Crippen LogP contribution in [-0.4, -0.2) is 26.8 Å². The van der Waals surface area contributed by atoms with Crippen molar-refractivity contribution < 1.29 is 0 Å². The maximum atomic E-state index is 5.07. The molecule has 7 heteroatoms. The average molecular weight is 200 g/mol. The van der Waals surface area contributed by atoms with Crippen LogP contribution in [0.2, 0.25) is 0 Å². The summed E-state index contributed by atoms with van der Waals surface area (Å²) in [7, 11) is 0. The van der Waals surface area contributed by atoms with Gasteiger partial charge in [-0.3, -0.25) is 5.10 Å². The molecule has 0 aliphatic heterocycles. The van der Waals surface area contributed by atoms with Gasteiger partial charge >= 0.3 is 0 Å². The van der Waals surface area contributed by atoms with Gasteiger partial charge in [0.25, 0.3) is 0 Å². The van der Waals surface area contributed by atoms with Crippen molar-refractivity contribution in [1.82, 2.24) is 25.9 Å². The fourth-order valence-corrected chi connectivity index (χ4v) is 0.962. The van der Waals surface area contributed by atoms with E-state index in [1.54, 1.807) is 0 Å². The second kappa shape index (κ2) is 5.44. The lowest BCUT2D eigenvalue weighted by molar-refractivity contribution is 0.734. The minimum absolute atomic E-state index is 0.456. The second-order valence-electron chi connectivity index (χ2n) is 2.44. The zero-order valence-corrected chi connectivity index (χ0v) is 7.90. The van der Waals surface area contributed by atoms with E-state index in [1.807, 2.05) is 0 Å². The summed E-state index contributed by atoms with van der Waals surface area (Å²) in [5.74, 6) is 5.95. The van der Waals surface area contributed by atoms with Gasteiger partial charge in [-0.1, -0.05) is 0 Å². The van der Waals surface area contributed by atoms with Crippen LogP contribution in [0.3, 0.4) is 0 Å². The highest BCUT2D eigenvalue weighted by Gasteiger charge is 1.95. The third kappa shape index (κ3) is 3.81. The number of hydrazine groups is 1. The molecule has 1 aromatic rings. The lowest BCUT2D eigenvalue weighted by Gasteiger charge is -2.04. The number of aryl methyl sites for hydroxylation is 1. The quantitative estimate of drug-likeness (QED) is 0.217. The number of aromatic amines is 1. The van der Waals surface area contributed by atoms with E-state index < -0.39 is 0 Å². The van der Waals surface area contributed by atoms with Crippen LogP contribution in [0.1, 0.15) is 12.2 Å². The lowest BCUT2D eigenvalue weighted by atomic mass is 10.3. The van der Waals surface area contributed by atoms with Crippen LogP contribution in [0, 0.1) is 0 Å². The van der Waals surface area contributed by atoms with E-state index in [9.17, 15) is 0 Å². The van der Waals surface area contributed by atoms with Crippen molar-refractivity contribution in [2.45, 2.75) is 12.8 Å². The van der Waals surface area contributed by atoms with Gasteiger partial charge in [-0.2, -0.15) is 5.10 Å². The molecular formula is C6H12N6S. The minimum atomic E-state index is 0.456. The molecule has 0 bridgehead atoms. The van der Waals surface area contributed by atoms with Crippen LogP contribution in [-0.2, 0) is 6.42 Å². The molecule has 0 saturated heterocycles. The first-order valence-electron chi connectivity index (χ1n) is 3.91. The van der Waals surface area contributed by atoms with Gasteiger partial charge in [0.05, 0.1) is 0 Å². The summed E-state index contributed by atoms with van der Waals surface area (Å²) in [5.41, 5.74) is 2.34. The molecule has 13 heavy (non-hydrogen) atoms. The van der Waals surface area contributed by atoms with Gasteiger partial charge < -0.3 is 10.7 Å². The summed E-state index contributed by atoms with van der Waals surface area (Å²) >= 11 is 4.79. The molecule has 0 aromatic carbocycles. The van der Waals surface area contributed by atoms with E-state index in [1.165, 1.54) is 6.33 Å². The van der Waals surface area contributed by atoms with Gasteiger partial charge in [0.2, 0.25) is 0 Å². The van der Waals surface area contributed by atoms with E-state index in [0.717, 1.165) is 25.2 Å². The molecule has 0 radical (unpaired) electrons. The van der Waals surface area contributed by atoms with Crippen LogP contribution in [0.5, 0.6) is 0 Å². The lowest BCUT2D eigenvalue weighted by Crippen LogP contribution is -2.40. The summed E-state index contributed by atoms with van der Waals surface area (Å²) < 4.78 is 0. The maximum Gasteiger partial charge on any atom is 0.180 e. The maximum absolute atomic E-state index is 5.07. The van der Waals surface area contributed by atoms with Crippen molar-refractivity contribution in [1.29, 1.82) is 0 Å². The molecule has 0 aliphatic rings. The summed E-state index contributed by atoms with van der Waals surface area (Å²) in [4.78, 5) is 3.99. The van der Waals surface area contributed by atoms with Gasteiger partial charge in [0.15, 0.2) is 5.11 Å². The molecular weight excluding hydrogens is 188 g/mol. The Labute approximate surface area is 81.3 Å². The first-order valence-corrected chi connectivity index (χ1v) is 4.32. The molecule has 72 valence electrons. The van der Waals surface area contributed by atoms with Crippen LogP contribution >= 0.6 is 12.2 Å². The Hall–Kier alpha value is -1.21. The Morgan fingerprint density at radius 3 is 3.15 bits per heavy atom. The van der Waals surface area contributed by atoms with Crippen molar-refractivity contribution >= 4 is 17.3 Å². The third-order valence-corrected chi connectivity index (χ3v) is 1.73. The summed E-state index contributed by atoms with van der Waals surface area (Å²) in [6.07, 6.45) is 3.27. The molecule has 0 aliphatic carbocycles. The molecule has 0 saturated carbocycles. The van der Waals surface area contributed by atoms with Crippen LogP contribution in [0.25, 0.3) is 0 Å². The fraction of sp³-hybridized carbons (Fsp3) is 0.500. The second-order valence-corrected chi connectivity index (χ2v) is 2.84. The van der Waals surface area contributed by atoms with Crippen molar-refractivity contribution in [3.8, 4) is 0 Å². The first kappa shape index (κ1) is 9.87. The number of H-pyrrole nitrogens is 1. The van der Waals surface area contributed by atoms with Gasteiger partial charge in [-0.25, -0.2) is 10.8 Å². The van der Waals surface area contributed by atoms with E-state index >= 15 is 0 Å². The number of thiocarbonyl (C=S) groups is 1. The Bertz CT molecular complexity index is 246. The average Bonchev–Trinajstić information content (AvgIpc) is 2.64. The van der Waals surface area contributed by atoms with Crippen molar-refractivity contribution in [2.75, 3.05) is 6.54 Å². The number of nitrogens with one attached hydrogen (secondary N) is 3. The zero-order chi connectivity index (χ0) is 9.52. The van der Waals surface area contributed by atoms with Crippen molar-refractivity contribution in [3.63, 3.8) is 0 Å². The molecule has 0 unspecified atom stereocenters. The number of nitrogens with two attached hydrogens (primary N) is 1. The highest BCUT2D eigenvalue weighted by molar-refractivity contribution is 7.80. The molecule has 1 rings (SSSR count). The standard InChI is InChI=1S/C6H12N6S/c7-11-6(13)8-3-1-2-5-9-4-10-12-5/h4H,1-3,7H2,(H2,8,11,13)(H,9,10,12). The van der Waals surface area contributed by atoms with Crippen LogP contribution in [0.15, 0.2) is 6.33 Å². The normalized spacial score (nSPS) is 9.62. The summed E-state index contributed by atoms with van der Waals surface area (Å²) in [5, 5.41) is 9.90. The molecule has 5 N–H and O–H groups in total. The summed E-state index contributed by atoms with van der Waals surface area (Å²) in [6.45, 7) is 0.768. The van der Waals surface area contributed by atoms with E-state index in [-0.39, 0.29) is 0 Å². The molecule has 0 amide bonds. The number of rotatable bonds is 4. The molecule has 0 fully saturated rings. The van der Waals surface area contributed by atoms with Crippen molar-refractivity contribution in [2.24, 2.45) is 5.84 Å². The third-order valence-electron chi connectivity index (χ3n) is 1.47. The topological polar surface area (TPSA) is 91.7 Å². The van der Waals surface area contributed by atoms with Gasteiger partial charge in [0.1, 0.15) is 12.2 Å². The minimum Gasteiger partial charge on any atom is -0.362 e. The van der Waals surface area contributed by atoms with Crippen LogP contribution in [0.4, 0.5) is 0 Å². The molecule has 0 spiro atoms. The number of hydrogen-bond donors (Lipinski definition) is 4. The fourth-order valence-electron chi connectivity index (χ4n) is 0.860. The first-order chi connectivity index (χ1) is 6.33. The highest BCUT2D eigenvalue weighted by Crippen LogP contribution is 1.90. The Morgan fingerprint density at radius 1 is 1.69 bits per heavy atom. The number of nitrogens with zero attached hydrogens (tertiary/aromatic N) is 2. The molecule has 6 nitrogen and oxygen atoms in total. The predicted octanol–water partition coefficient (Wildman–Crippen LogP) is -0.925. The number of hydrogen-bond acceptors (Lipinski definition) is 4. The van der Waals surface area contributed by atoms with E-state index in [2.05, 4.69) is 25.9 Å². The number of aromatic nitrogens is 3. The SMILES string of the molecule is NNC(=S)NCCCc1ncn[nH]1. The molecule has 1 heterocycles. The molecule has 1 aromatic heterocycles. The van der Waals surface area contributed by atoms with Gasteiger partial charge in [-0.15, -0.1) is 0 Å². The predicted molar refractivity (Wildman–Crippen MR) is 52.6 cm³/mol. The van der Waals surface area contributed by atoms with E-state index in [4.69, 9.17) is 18.1 Å². The summed E-state index contributed by atoms with van der Waals surface area (Å²) in [6, 6.07) is 0. The largest absolute Gasteiger partial charge is 0.362 e. The van der Waals surface area contributed by atoms with E-state index in [0.29, 0.717) is 5.11 Å². The van der Waals surface area contributed by atoms with Crippen LogP contribution < -0.4 is 16.6 Å². The van der Waals surface area contributed by atoms with Gasteiger partial charge in [0, 0.05) is 13.0 Å². The monoisotopic (exact) mass is 200 g/mol. The zero-order valence-electron chi connectivity index (χ0n) is 7.08. The highest BCUT2D eigenvalue weighted by atomic mass is 32.1.